The molecule has 1 aromatic rings. The fraction of sp³-hybridized carbons (Fsp3) is 0.533. The van der Waals surface area contributed by atoms with Gasteiger partial charge in [0.25, 0.3) is 5.91 Å². The van der Waals surface area contributed by atoms with Crippen molar-refractivity contribution >= 4 is 5.91 Å². The fourth-order valence-electron chi connectivity index (χ4n) is 1.97. The van der Waals surface area contributed by atoms with Gasteiger partial charge in [0.2, 0.25) is 0 Å². The highest BCUT2D eigenvalue weighted by Gasteiger charge is 2.23. The van der Waals surface area contributed by atoms with Crippen LogP contribution in [-0.4, -0.2) is 38.1 Å². The van der Waals surface area contributed by atoms with E-state index in [0.29, 0.717) is 24.4 Å². The van der Waals surface area contributed by atoms with E-state index < -0.39 is 0 Å². The van der Waals surface area contributed by atoms with Crippen molar-refractivity contribution in [1.29, 1.82) is 0 Å². The topological polar surface area (TPSA) is 55.6 Å². The lowest BCUT2D eigenvalue weighted by molar-refractivity contribution is 0.0737. The van der Waals surface area contributed by atoms with Crippen LogP contribution in [0.1, 0.15) is 29.8 Å². The maximum Gasteiger partial charge on any atom is 0.257 e. The van der Waals surface area contributed by atoms with E-state index in [0.717, 1.165) is 5.56 Å². The van der Waals surface area contributed by atoms with Crippen LogP contribution in [0.15, 0.2) is 18.2 Å². The predicted octanol–water partition coefficient (Wildman–Crippen LogP) is 2.06. The number of carbonyl (C=O) groups is 1. The van der Waals surface area contributed by atoms with E-state index in [1.165, 1.54) is 0 Å². The number of methoxy groups -OCH3 is 1. The molecule has 0 atom stereocenters. The number of hydrogen-bond donors (Lipinski definition) is 1. The molecule has 0 heterocycles. The van der Waals surface area contributed by atoms with Crippen molar-refractivity contribution in [3.63, 3.8) is 0 Å². The van der Waals surface area contributed by atoms with Gasteiger partial charge >= 0.3 is 0 Å². The van der Waals surface area contributed by atoms with Crippen LogP contribution < -0.4 is 10.5 Å². The van der Waals surface area contributed by atoms with Gasteiger partial charge in [0, 0.05) is 13.6 Å². The molecule has 19 heavy (non-hydrogen) atoms. The van der Waals surface area contributed by atoms with Gasteiger partial charge in [-0.25, -0.2) is 0 Å². The first-order chi connectivity index (χ1) is 8.80. The minimum atomic E-state index is -0.0958. The molecule has 0 saturated carbocycles. The number of carbonyl (C=O) groups excluding carboxylic acids is 1. The highest BCUT2D eigenvalue weighted by Crippen LogP contribution is 2.22. The van der Waals surface area contributed by atoms with E-state index in [-0.39, 0.29) is 11.3 Å². The number of amides is 1. The molecule has 0 unspecified atom stereocenters. The van der Waals surface area contributed by atoms with Crippen molar-refractivity contribution in [3.8, 4) is 5.75 Å². The zero-order valence-corrected chi connectivity index (χ0v) is 12.5. The minimum absolute atomic E-state index is 0.0397. The van der Waals surface area contributed by atoms with Crippen molar-refractivity contribution < 1.29 is 9.53 Å². The molecule has 1 rings (SSSR count). The maximum absolute atomic E-state index is 12.5. The summed E-state index contributed by atoms with van der Waals surface area (Å²) in [6.07, 6.45) is 0. The van der Waals surface area contributed by atoms with E-state index in [2.05, 4.69) is 0 Å². The molecule has 0 spiro atoms. The van der Waals surface area contributed by atoms with Gasteiger partial charge in [-0.3, -0.25) is 4.79 Å². The number of nitrogens with zero attached hydrogens (tertiary/aromatic N) is 1. The summed E-state index contributed by atoms with van der Waals surface area (Å²) in [6, 6.07) is 5.61. The summed E-state index contributed by atoms with van der Waals surface area (Å²) in [5.41, 5.74) is 7.25. The zero-order valence-electron chi connectivity index (χ0n) is 12.5. The van der Waals surface area contributed by atoms with Gasteiger partial charge in [0.15, 0.2) is 0 Å². The van der Waals surface area contributed by atoms with Crippen molar-refractivity contribution in [2.75, 3.05) is 27.2 Å². The summed E-state index contributed by atoms with van der Waals surface area (Å²) in [7, 11) is 3.37. The molecule has 1 amide bonds. The Kier molecular flexibility index (Phi) is 4.95. The van der Waals surface area contributed by atoms with Gasteiger partial charge in [-0.1, -0.05) is 25.5 Å². The normalized spacial score (nSPS) is 11.3. The summed E-state index contributed by atoms with van der Waals surface area (Å²) in [5, 5.41) is 0. The Balaban J connectivity index is 2.97. The lowest BCUT2D eigenvalue weighted by atomic mass is 9.93. The van der Waals surface area contributed by atoms with Gasteiger partial charge in [-0.05, 0) is 31.0 Å². The third-order valence-electron chi connectivity index (χ3n) is 3.15. The molecule has 0 bridgehead atoms. The first-order valence-electron chi connectivity index (χ1n) is 6.41. The summed E-state index contributed by atoms with van der Waals surface area (Å²) in [6.45, 7) is 7.20. The molecular weight excluding hydrogens is 240 g/mol. The number of nitrogens with two attached hydrogens (primary N) is 1. The molecule has 0 aliphatic carbocycles. The third kappa shape index (κ3) is 3.96. The molecule has 4 nitrogen and oxygen atoms in total. The lowest BCUT2D eigenvalue weighted by Crippen LogP contribution is -2.39. The lowest BCUT2D eigenvalue weighted by Gasteiger charge is -2.29. The highest BCUT2D eigenvalue weighted by atomic mass is 16.5. The number of aryl methyl sites for hydroxylation is 1. The SMILES string of the molecule is COc1ccc(C)cc1C(=O)N(C)CC(C)(C)CN. The molecule has 4 heteroatoms. The summed E-state index contributed by atoms with van der Waals surface area (Å²) < 4.78 is 5.26. The zero-order chi connectivity index (χ0) is 14.6. The quantitative estimate of drug-likeness (QED) is 0.885. The maximum atomic E-state index is 12.5. The largest absolute Gasteiger partial charge is 0.496 e. The summed E-state index contributed by atoms with van der Waals surface area (Å²) in [5.74, 6) is 0.565. The van der Waals surface area contributed by atoms with E-state index in [1.54, 1.807) is 19.1 Å². The second kappa shape index (κ2) is 6.06. The molecule has 0 aliphatic heterocycles. The molecule has 0 radical (unpaired) electrons. The number of hydrogen-bond acceptors (Lipinski definition) is 3. The minimum Gasteiger partial charge on any atom is -0.496 e. The van der Waals surface area contributed by atoms with Crippen LogP contribution in [0.25, 0.3) is 0 Å². The molecule has 0 aliphatic rings. The molecule has 0 fully saturated rings. The second-order valence-electron chi connectivity index (χ2n) is 5.73. The van der Waals surface area contributed by atoms with Crippen molar-refractivity contribution in [2.45, 2.75) is 20.8 Å². The Bertz CT molecular complexity index is 455. The van der Waals surface area contributed by atoms with Crippen LogP contribution in [0.4, 0.5) is 0 Å². The Morgan fingerprint density at radius 1 is 1.42 bits per heavy atom. The van der Waals surface area contributed by atoms with Crippen LogP contribution in [-0.2, 0) is 0 Å². The van der Waals surface area contributed by atoms with Crippen molar-refractivity contribution in [1.82, 2.24) is 4.90 Å². The van der Waals surface area contributed by atoms with Crippen LogP contribution in [0, 0.1) is 12.3 Å². The molecule has 0 aromatic heterocycles. The second-order valence-corrected chi connectivity index (χ2v) is 5.73. The highest BCUT2D eigenvalue weighted by molar-refractivity contribution is 5.97. The van der Waals surface area contributed by atoms with Crippen LogP contribution in [0.2, 0.25) is 0 Å². The smallest absolute Gasteiger partial charge is 0.257 e. The van der Waals surface area contributed by atoms with E-state index in [1.807, 2.05) is 39.0 Å². The first kappa shape index (κ1) is 15.5. The molecule has 1 aromatic carbocycles. The average molecular weight is 264 g/mol. The monoisotopic (exact) mass is 264 g/mol. The van der Waals surface area contributed by atoms with E-state index in [4.69, 9.17) is 10.5 Å². The van der Waals surface area contributed by atoms with Gasteiger partial charge in [0.05, 0.1) is 12.7 Å². The summed E-state index contributed by atoms with van der Waals surface area (Å²) in [4.78, 5) is 14.2. The van der Waals surface area contributed by atoms with Gasteiger partial charge < -0.3 is 15.4 Å². The van der Waals surface area contributed by atoms with Crippen LogP contribution >= 0.6 is 0 Å². The standard InChI is InChI=1S/C15H24N2O2/c1-11-6-7-13(19-5)12(8-11)14(18)17(4)10-15(2,3)9-16/h6-8H,9-10,16H2,1-5H3. The summed E-state index contributed by atoms with van der Waals surface area (Å²) >= 11 is 0. The van der Waals surface area contributed by atoms with Crippen LogP contribution in [0.5, 0.6) is 5.75 Å². The number of rotatable bonds is 5. The van der Waals surface area contributed by atoms with Gasteiger partial charge in [-0.15, -0.1) is 0 Å². The number of ether oxygens (including phenoxy) is 1. The molecule has 106 valence electrons. The molecular formula is C15H24N2O2. The Hall–Kier alpha value is -1.55. The number of benzene rings is 1. The third-order valence-corrected chi connectivity index (χ3v) is 3.15. The fourth-order valence-corrected chi connectivity index (χ4v) is 1.97. The predicted molar refractivity (Wildman–Crippen MR) is 77.5 cm³/mol. The van der Waals surface area contributed by atoms with Gasteiger partial charge in [-0.2, -0.15) is 0 Å². The Morgan fingerprint density at radius 2 is 2.05 bits per heavy atom. The van der Waals surface area contributed by atoms with E-state index in [9.17, 15) is 4.79 Å². The Morgan fingerprint density at radius 3 is 2.58 bits per heavy atom. The molecule has 2 N–H and O–H groups in total. The van der Waals surface area contributed by atoms with Crippen LogP contribution in [0.3, 0.4) is 0 Å². The average Bonchev–Trinajstić information content (AvgIpc) is 2.37. The first-order valence-corrected chi connectivity index (χ1v) is 6.41. The van der Waals surface area contributed by atoms with Crippen molar-refractivity contribution in [3.05, 3.63) is 29.3 Å². The Labute approximate surface area is 115 Å². The van der Waals surface area contributed by atoms with Crippen molar-refractivity contribution in [2.24, 2.45) is 11.1 Å². The van der Waals surface area contributed by atoms with E-state index >= 15 is 0 Å². The molecule has 0 saturated heterocycles. The van der Waals surface area contributed by atoms with Gasteiger partial charge in [0.1, 0.15) is 5.75 Å².